The van der Waals surface area contributed by atoms with Crippen molar-refractivity contribution < 1.29 is 38.0 Å². The van der Waals surface area contributed by atoms with Crippen molar-refractivity contribution in [1.29, 1.82) is 0 Å². The van der Waals surface area contributed by atoms with E-state index in [4.69, 9.17) is 40.0 Å². The van der Waals surface area contributed by atoms with Crippen LogP contribution in [-0.4, -0.2) is 58.1 Å². The number of carbonyl (C=O) groups excluding carboxylic acids is 2. The topological polar surface area (TPSA) is 130 Å². The summed E-state index contributed by atoms with van der Waals surface area (Å²) in [5.74, 6) is 0.946. The zero-order chi connectivity index (χ0) is 33.5. The van der Waals surface area contributed by atoms with Crippen LogP contribution < -0.4 is 33.8 Å². The average molecular weight is 658 g/mol. The molecule has 11 nitrogen and oxygen atoms in total. The molecule has 2 N–H and O–H groups in total. The van der Waals surface area contributed by atoms with Gasteiger partial charge in [0.15, 0.2) is 23.0 Å². The van der Waals surface area contributed by atoms with Crippen LogP contribution in [0.1, 0.15) is 33.3 Å². The van der Waals surface area contributed by atoms with Crippen LogP contribution in [-0.2, 0) is 0 Å². The van der Waals surface area contributed by atoms with E-state index in [0.717, 1.165) is 10.9 Å². The van der Waals surface area contributed by atoms with Crippen molar-refractivity contribution in [2.45, 2.75) is 6.92 Å². The minimum atomic E-state index is -0.663. The van der Waals surface area contributed by atoms with E-state index in [0.29, 0.717) is 57.1 Å². The fourth-order valence-electron chi connectivity index (χ4n) is 4.95. The number of hydrogen-bond acceptors (Lipinski definition) is 9. The lowest BCUT2D eigenvalue weighted by molar-refractivity contribution is 0.0727. The number of H-pyrrole nitrogens is 1. The van der Waals surface area contributed by atoms with Gasteiger partial charge in [-0.3, -0.25) is 4.79 Å². The minimum absolute atomic E-state index is 0.182. The first-order valence-corrected chi connectivity index (χ1v) is 14.8. The van der Waals surface area contributed by atoms with E-state index in [9.17, 15) is 9.59 Å². The molecule has 1 amide bonds. The van der Waals surface area contributed by atoms with Crippen molar-refractivity contribution in [3.05, 3.63) is 94.6 Å². The lowest BCUT2D eigenvalue weighted by Crippen LogP contribution is -2.19. The van der Waals surface area contributed by atoms with Gasteiger partial charge in [0.25, 0.3) is 5.91 Å². The molecule has 47 heavy (non-hydrogen) atoms. The summed E-state index contributed by atoms with van der Waals surface area (Å²) in [4.78, 5) is 29.7. The van der Waals surface area contributed by atoms with Crippen LogP contribution in [0.3, 0.4) is 0 Å². The molecule has 0 bridgehead atoms. The highest BCUT2D eigenvalue weighted by Gasteiger charge is 2.22. The van der Waals surface area contributed by atoms with Gasteiger partial charge >= 0.3 is 5.97 Å². The molecular formula is C35H32ClN3O8. The quantitative estimate of drug-likeness (QED) is 0.0641. The number of fused-ring (bicyclic) bond motifs is 1. The van der Waals surface area contributed by atoms with Gasteiger partial charge in [-0.2, -0.15) is 5.10 Å². The third-order valence-electron chi connectivity index (χ3n) is 7.13. The maximum atomic E-state index is 13.4. The molecule has 0 unspecified atom stereocenters. The molecule has 1 aromatic heterocycles. The van der Waals surface area contributed by atoms with E-state index in [1.165, 1.54) is 39.7 Å². The maximum absolute atomic E-state index is 13.4. The van der Waals surface area contributed by atoms with Gasteiger partial charge in [0.2, 0.25) is 5.75 Å². The van der Waals surface area contributed by atoms with Crippen molar-refractivity contribution in [3.63, 3.8) is 0 Å². The average Bonchev–Trinajstić information content (AvgIpc) is 3.47. The highest BCUT2D eigenvalue weighted by molar-refractivity contribution is 6.34. The monoisotopic (exact) mass is 657 g/mol. The number of hydrazone groups is 1. The van der Waals surface area contributed by atoms with Crippen LogP contribution in [0.15, 0.2) is 77.9 Å². The Bertz CT molecular complexity index is 1950. The molecule has 242 valence electrons. The number of nitrogens with zero attached hydrogens (tertiary/aromatic N) is 1. The molecule has 1 heterocycles. The number of aromatic nitrogens is 1. The Hall–Kier alpha value is -5.68. The number of carbonyl (C=O) groups is 2. The summed E-state index contributed by atoms with van der Waals surface area (Å²) in [6.45, 7) is 2.11. The van der Waals surface area contributed by atoms with E-state index in [2.05, 4.69) is 15.5 Å². The standard InChI is InChI=1S/C35H32ClN3O8/c1-6-46-28-15-20(11-14-27(28)47-35(41)21-16-29(43-3)33(45-5)30(17-21)44-4)19-37-39-34(40)32-31(23-9-7-8-10-25(23)36)24-18-22(42-2)12-13-26(24)38-32/h7-19,38H,6H2,1-5H3,(H,39,40). The third-order valence-corrected chi connectivity index (χ3v) is 7.46. The summed E-state index contributed by atoms with van der Waals surface area (Å²) in [6, 6.07) is 20.6. The molecule has 0 radical (unpaired) electrons. The van der Waals surface area contributed by atoms with Gasteiger partial charge in [0.1, 0.15) is 11.4 Å². The molecule has 0 atom stereocenters. The fourth-order valence-corrected chi connectivity index (χ4v) is 5.18. The fraction of sp³-hybridized carbons (Fsp3) is 0.171. The highest BCUT2D eigenvalue weighted by Crippen LogP contribution is 2.40. The summed E-state index contributed by atoms with van der Waals surface area (Å²) >= 11 is 6.54. The van der Waals surface area contributed by atoms with Crippen molar-refractivity contribution >= 4 is 40.6 Å². The Morgan fingerprint density at radius 3 is 2.26 bits per heavy atom. The first kappa shape index (κ1) is 32.7. The lowest BCUT2D eigenvalue weighted by Gasteiger charge is -2.15. The molecule has 0 aliphatic rings. The van der Waals surface area contributed by atoms with Gasteiger partial charge in [-0.05, 0) is 67.1 Å². The Morgan fingerprint density at radius 1 is 0.851 bits per heavy atom. The van der Waals surface area contributed by atoms with Crippen LogP contribution in [0.4, 0.5) is 0 Å². The number of nitrogens with one attached hydrogen (secondary N) is 2. The number of halogens is 1. The molecule has 4 aromatic carbocycles. The SMILES string of the molecule is CCOc1cc(C=NNC(=O)c2[nH]c3ccc(OC)cc3c2-c2ccccc2Cl)ccc1OC(=O)c1cc(OC)c(OC)c(OC)c1. The van der Waals surface area contributed by atoms with Gasteiger partial charge in [-0.15, -0.1) is 0 Å². The molecule has 12 heteroatoms. The Balaban J connectivity index is 1.38. The van der Waals surface area contributed by atoms with E-state index < -0.39 is 11.9 Å². The van der Waals surface area contributed by atoms with E-state index in [1.807, 2.05) is 30.3 Å². The summed E-state index contributed by atoms with van der Waals surface area (Å²) in [6.07, 6.45) is 1.45. The van der Waals surface area contributed by atoms with Crippen molar-refractivity contribution in [1.82, 2.24) is 10.4 Å². The first-order chi connectivity index (χ1) is 22.8. The van der Waals surface area contributed by atoms with Crippen molar-refractivity contribution in [2.75, 3.05) is 35.0 Å². The summed E-state index contributed by atoms with van der Waals surface area (Å²) in [5, 5.41) is 5.43. The third kappa shape index (κ3) is 6.95. The second kappa shape index (κ2) is 14.6. The highest BCUT2D eigenvalue weighted by atomic mass is 35.5. The van der Waals surface area contributed by atoms with Crippen LogP contribution in [0.25, 0.3) is 22.0 Å². The second-order valence-electron chi connectivity index (χ2n) is 9.91. The first-order valence-electron chi connectivity index (χ1n) is 14.4. The summed E-state index contributed by atoms with van der Waals surface area (Å²) in [7, 11) is 5.96. The molecule has 0 saturated carbocycles. The Morgan fingerprint density at radius 2 is 1.60 bits per heavy atom. The van der Waals surface area contributed by atoms with Crippen molar-refractivity contribution in [2.24, 2.45) is 5.10 Å². The van der Waals surface area contributed by atoms with Gasteiger partial charge in [-0.25, -0.2) is 10.2 Å². The zero-order valence-corrected chi connectivity index (χ0v) is 27.1. The number of benzene rings is 4. The van der Waals surface area contributed by atoms with E-state index >= 15 is 0 Å². The normalized spacial score (nSPS) is 10.9. The van der Waals surface area contributed by atoms with Gasteiger partial charge in [0.05, 0.1) is 46.8 Å². The molecule has 5 rings (SSSR count). The number of aromatic amines is 1. The van der Waals surface area contributed by atoms with Crippen LogP contribution in [0.5, 0.6) is 34.5 Å². The molecule has 0 aliphatic heterocycles. The van der Waals surface area contributed by atoms with E-state index in [1.54, 1.807) is 44.4 Å². The number of methoxy groups -OCH3 is 4. The van der Waals surface area contributed by atoms with Gasteiger partial charge in [0, 0.05) is 27.1 Å². The Labute approximate surface area is 276 Å². The summed E-state index contributed by atoms with van der Waals surface area (Å²) < 4.78 is 32.8. The van der Waals surface area contributed by atoms with Crippen LogP contribution >= 0.6 is 11.6 Å². The summed E-state index contributed by atoms with van der Waals surface area (Å²) in [5.41, 5.74) is 5.65. The number of amides is 1. The number of hydrogen-bond donors (Lipinski definition) is 2. The molecule has 0 spiro atoms. The predicted octanol–water partition coefficient (Wildman–Crippen LogP) is 6.90. The molecular weight excluding hydrogens is 626 g/mol. The van der Waals surface area contributed by atoms with Gasteiger partial charge in [-0.1, -0.05) is 29.8 Å². The van der Waals surface area contributed by atoms with E-state index in [-0.39, 0.29) is 17.0 Å². The number of rotatable bonds is 12. The number of ether oxygens (including phenoxy) is 6. The second-order valence-corrected chi connectivity index (χ2v) is 10.3. The van der Waals surface area contributed by atoms with Crippen LogP contribution in [0, 0.1) is 0 Å². The molecule has 5 aromatic rings. The molecule has 0 aliphatic carbocycles. The van der Waals surface area contributed by atoms with Gasteiger partial charge < -0.3 is 33.4 Å². The zero-order valence-electron chi connectivity index (χ0n) is 26.3. The van der Waals surface area contributed by atoms with Crippen molar-refractivity contribution in [3.8, 4) is 45.6 Å². The van der Waals surface area contributed by atoms with Crippen LogP contribution in [0.2, 0.25) is 5.02 Å². The largest absolute Gasteiger partial charge is 0.497 e. The number of esters is 1. The molecule has 0 saturated heterocycles. The smallest absolute Gasteiger partial charge is 0.343 e. The predicted molar refractivity (Wildman–Crippen MR) is 179 cm³/mol. The minimum Gasteiger partial charge on any atom is -0.497 e. The maximum Gasteiger partial charge on any atom is 0.343 e. The molecule has 0 fully saturated rings. The Kier molecular flexibility index (Phi) is 10.2. The lowest BCUT2D eigenvalue weighted by atomic mass is 10.0.